The zero-order valence-electron chi connectivity index (χ0n) is 18.1. The molecule has 0 bridgehead atoms. The second-order valence-corrected chi connectivity index (χ2v) is 7.73. The number of hydrogen-bond acceptors (Lipinski definition) is 4. The van der Waals surface area contributed by atoms with Gasteiger partial charge in [-0.3, -0.25) is 9.78 Å². The number of aromatic amines is 1. The van der Waals surface area contributed by atoms with E-state index in [1.165, 1.54) is 37.4 Å². The number of benzene rings is 3. The summed E-state index contributed by atoms with van der Waals surface area (Å²) in [5, 5.41) is 6.33. The zero-order valence-corrected chi connectivity index (χ0v) is 18.8. The summed E-state index contributed by atoms with van der Waals surface area (Å²) in [5.41, 5.74) is -2.66. The van der Waals surface area contributed by atoms with Crippen molar-refractivity contribution in [1.29, 1.82) is 0 Å². The van der Waals surface area contributed by atoms with Crippen LogP contribution in [0.3, 0.4) is 0 Å². The van der Waals surface area contributed by atoms with Gasteiger partial charge in [0.05, 0.1) is 34.5 Å². The van der Waals surface area contributed by atoms with E-state index in [1.807, 2.05) is 0 Å². The molecule has 4 aromatic rings. The molecule has 1 heterocycles. The van der Waals surface area contributed by atoms with Gasteiger partial charge >= 0.3 is 11.9 Å². The van der Waals surface area contributed by atoms with Crippen molar-refractivity contribution in [1.82, 2.24) is 14.8 Å². The molecule has 0 fully saturated rings. The molecule has 0 saturated heterocycles. The number of aromatic nitrogens is 3. The molecule has 0 spiro atoms. The molecule has 1 aromatic heterocycles. The third-order valence-corrected chi connectivity index (χ3v) is 5.34. The fourth-order valence-corrected chi connectivity index (χ4v) is 3.61. The van der Waals surface area contributed by atoms with Gasteiger partial charge in [-0.1, -0.05) is 17.7 Å². The van der Waals surface area contributed by atoms with E-state index < -0.39 is 35.0 Å². The van der Waals surface area contributed by atoms with Gasteiger partial charge < -0.3 is 10.1 Å². The number of halogens is 6. The number of rotatable bonds is 5. The fraction of sp³-hybridized carbons (Fsp3) is 0.0870. The molecule has 0 aliphatic heterocycles. The Morgan fingerprint density at radius 1 is 1.08 bits per heavy atom. The van der Waals surface area contributed by atoms with Crippen molar-refractivity contribution in [2.75, 3.05) is 12.4 Å². The van der Waals surface area contributed by atoms with Gasteiger partial charge in [-0.05, 0) is 42.5 Å². The Kier molecular flexibility index (Phi) is 6.55. The Morgan fingerprint density at radius 2 is 1.83 bits per heavy atom. The lowest BCUT2D eigenvalue weighted by atomic mass is 10.1. The second-order valence-electron chi connectivity index (χ2n) is 7.32. The van der Waals surface area contributed by atoms with Gasteiger partial charge in [0, 0.05) is 11.8 Å². The molecule has 13 heteroatoms. The number of alkyl halides is 3. The Balaban J connectivity index is 1.66. The third-order valence-electron chi connectivity index (χ3n) is 5.02. The summed E-state index contributed by atoms with van der Waals surface area (Å²) < 4.78 is 72.7. The first-order valence-electron chi connectivity index (χ1n) is 10.00. The highest BCUT2D eigenvalue weighted by Crippen LogP contribution is 2.33. The molecule has 0 unspecified atom stereocenters. The van der Waals surface area contributed by atoms with E-state index in [4.69, 9.17) is 16.3 Å². The van der Waals surface area contributed by atoms with E-state index >= 15 is 0 Å². The van der Waals surface area contributed by atoms with Crippen molar-refractivity contribution in [3.05, 3.63) is 92.9 Å². The van der Waals surface area contributed by atoms with E-state index in [0.717, 1.165) is 16.8 Å². The molecule has 0 saturated carbocycles. The molecule has 3 aromatic carbocycles. The number of methoxy groups -OCH3 is 1. The van der Waals surface area contributed by atoms with Crippen LogP contribution in [0.1, 0.15) is 15.9 Å². The lowest BCUT2D eigenvalue weighted by Gasteiger charge is -2.13. The molecule has 186 valence electrons. The van der Waals surface area contributed by atoms with Crippen LogP contribution in [0, 0.1) is 11.6 Å². The molecule has 0 aliphatic carbocycles. The van der Waals surface area contributed by atoms with Crippen molar-refractivity contribution in [3.63, 3.8) is 0 Å². The molecule has 0 aliphatic rings. The minimum Gasteiger partial charge on any atom is -0.496 e. The van der Waals surface area contributed by atoms with Gasteiger partial charge in [0.1, 0.15) is 17.4 Å². The Morgan fingerprint density at radius 3 is 2.50 bits per heavy atom. The largest absolute Gasteiger partial charge is 0.496 e. The lowest BCUT2D eigenvalue weighted by Crippen LogP contribution is -2.18. The summed E-state index contributed by atoms with van der Waals surface area (Å²) in [6.07, 6.45) is -4.95. The molecule has 0 atom stereocenters. The molecule has 1 amide bonds. The fourth-order valence-electron chi connectivity index (χ4n) is 3.35. The first-order valence-corrected chi connectivity index (χ1v) is 10.4. The van der Waals surface area contributed by atoms with Crippen LogP contribution in [-0.4, -0.2) is 27.8 Å². The van der Waals surface area contributed by atoms with Crippen molar-refractivity contribution in [2.24, 2.45) is 0 Å². The van der Waals surface area contributed by atoms with Gasteiger partial charge in [0.2, 0.25) is 0 Å². The van der Waals surface area contributed by atoms with Crippen LogP contribution in [0.4, 0.5) is 27.6 Å². The lowest BCUT2D eigenvalue weighted by molar-refractivity contribution is -0.139. The van der Waals surface area contributed by atoms with Crippen LogP contribution in [0.2, 0.25) is 5.02 Å². The van der Waals surface area contributed by atoms with Gasteiger partial charge in [-0.2, -0.15) is 17.9 Å². The summed E-state index contributed by atoms with van der Waals surface area (Å²) in [6, 6.07) is 9.82. The van der Waals surface area contributed by atoms with E-state index in [0.29, 0.717) is 12.1 Å². The number of hydrogen-bond donors (Lipinski definition) is 2. The Bertz CT molecular complexity index is 1510. The van der Waals surface area contributed by atoms with Gasteiger partial charge in [0.15, 0.2) is 5.82 Å². The topological polar surface area (TPSA) is 89.0 Å². The van der Waals surface area contributed by atoms with Crippen LogP contribution in [0.25, 0.3) is 17.1 Å². The summed E-state index contributed by atoms with van der Waals surface area (Å²) in [4.78, 5) is 27.6. The molecular formula is C23H14ClF5N4O3. The minimum absolute atomic E-state index is 0.0231. The second kappa shape index (κ2) is 9.46. The SMILES string of the molecule is COc1cc(-n2nc(-c3c(F)cccc3Cl)[nH]c2=O)ccc1C(=O)Nc1ccc(F)c(C(F)(F)F)c1. The highest BCUT2D eigenvalue weighted by atomic mass is 35.5. The van der Waals surface area contributed by atoms with Crippen molar-refractivity contribution in [3.8, 4) is 22.8 Å². The maximum Gasteiger partial charge on any atom is 0.419 e. The van der Waals surface area contributed by atoms with E-state index in [1.54, 1.807) is 0 Å². The highest BCUT2D eigenvalue weighted by molar-refractivity contribution is 6.33. The van der Waals surface area contributed by atoms with Gasteiger partial charge in [-0.25, -0.2) is 13.6 Å². The number of ether oxygens (including phenoxy) is 1. The van der Waals surface area contributed by atoms with Crippen LogP contribution in [0.15, 0.2) is 59.4 Å². The third kappa shape index (κ3) is 4.80. The number of carbonyl (C=O) groups is 1. The Hall–Kier alpha value is -4.19. The van der Waals surface area contributed by atoms with Crippen molar-refractivity contribution >= 4 is 23.2 Å². The van der Waals surface area contributed by atoms with Crippen LogP contribution in [0.5, 0.6) is 5.75 Å². The number of amides is 1. The van der Waals surface area contributed by atoms with Crippen LogP contribution >= 0.6 is 11.6 Å². The maximum atomic E-state index is 14.2. The van der Waals surface area contributed by atoms with Gasteiger partial charge in [0.25, 0.3) is 5.91 Å². The number of carbonyl (C=O) groups excluding carboxylic acids is 1. The van der Waals surface area contributed by atoms with E-state index in [9.17, 15) is 31.5 Å². The summed E-state index contributed by atoms with van der Waals surface area (Å²) >= 11 is 6.03. The van der Waals surface area contributed by atoms with Gasteiger partial charge in [-0.15, -0.1) is 5.10 Å². The van der Waals surface area contributed by atoms with Crippen LogP contribution in [-0.2, 0) is 6.18 Å². The molecule has 4 rings (SSSR count). The summed E-state index contributed by atoms with van der Waals surface area (Å²) in [5.74, 6) is -3.24. The van der Waals surface area contributed by atoms with Crippen molar-refractivity contribution in [2.45, 2.75) is 6.18 Å². The molecular weight excluding hydrogens is 511 g/mol. The quantitative estimate of drug-likeness (QED) is 0.340. The first kappa shape index (κ1) is 24.9. The Labute approximate surface area is 204 Å². The maximum absolute atomic E-state index is 14.2. The highest BCUT2D eigenvalue weighted by Gasteiger charge is 2.34. The average molecular weight is 525 g/mol. The predicted molar refractivity (Wildman–Crippen MR) is 120 cm³/mol. The number of H-pyrrole nitrogens is 1. The van der Waals surface area contributed by atoms with Crippen LogP contribution < -0.4 is 15.7 Å². The van der Waals surface area contributed by atoms with Crippen molar-refractivity contribution < 1.29 is 31.5 Å². The smallest absolute Gasteiger partial charge is 0.419 e. The summed E-state index contributed by atoms with van der Waals surface area (Å²) in [7, 11) is 1.23. The standard InChI is InChI=1S/C23H14ClF5N4O3/c1-36-18-10-12(33-22(35)31-20(32-33)19-15(24)3-2-4-17(19)26)6-7-13(18)21(34)30-11-5-8-16(25)14(9-11)23(27,28)29/h2-10H,1H3,(H,30,34)(H,31,32,35). The number of anilines is 1. The molecule has 0 radical (unpaired) electrons. The van der Waals surface area contributed by atoms with E-state index in [2.05, 4.69) is 15.4 Å². The summed E-state index contributed by atoms with van der Waals surface area (Å²) in [6.45, 7) is 0. The average Bonchev–Trinajstić information content (AvgIpc) is 3.20. The zero-order chi connectivity index (χ0) is 26.2. The molecule has 36 heavy (non-hydrogen) atoms. The first-order chi connectivity index (χ1) is 17.0. The minimum atomic E-state index is -4.95. The normalized spacial score (nSPS) is 11.4. The molecule has 2 N–H and O–H groups in total. The number of nitrogens with one attached hydrogen (secondary N) is 2. The monoisotopic (exact) mass is 524 g/mol. The number of nitrogens with zero attached hydrogens (tertiary/aromatic N) is 2. The van der Waals surface area contributed by atoms with E-state index in [-0.39, 0.29) is 39.1 Å². The predicted octanol–water partition coefficient (Wildman–Crippen LogP) is 5.44. The molecule has 7 nitrogen and oxygen atoms in total.